The predicted octanol–water partition coefficient (Wildman–Crippen LogP) is 4.33. The van der Waals surface area contributed by atoms with Gasteiger partial charge in [0.15, 0.2) is 0 Å². The molecule has 180 valence electrons. The lowest BCUT2D eigenvalue weighted by Gasteiger charge is -2.19. The molecule has 1 atom stereocenters. The van der Waals surface area contributed by atoms with Crippen LogP contribution in [0.2, 0.25) is 10.0 Å². The quantitative estimate of drug-likeness (QED) is 0.239. The van der Waals surface area contributed by atoms with Crippen LogP contribution in [0.1, 0.15) is 46.4 Å². The maximum Gasteiger partial charge on any atom is 0.337 e. The van der Waals surface area contributed by atoms with Crippen LogP contribution in [0, 0.1) is 6.92 Å². The van der Waals surface area contributed by atoms with Gasteiger partial charge in [-0.05, 0) is 60.9 Å². The Morgan fingerprint density at radius 2 is 1.76 bits per heavy atom. The molecule has 0 heterocycles. The lowest BCUT2D eigenvalue weighted by atomic mass is 10.0. The van der Waals surface area contributed by atoms with Crippen molar-refractivity contribution in [3.05, 3.63) is 68.7 Å². The molecule has 0 aliphatic carbocycles. The van der Waals surface area contributed by atoms with Crippen LogP contribution in [0.4, 0.5) is 0 Å². The van der Waals surface area contributed by atoms with Crippen molar-refractivity contribution < 1.29 is 28.7 Å². The highest BCUT2D eigenvalue weighted by Crippen LogP contribution is 2.25. The standard InChI is InChI=1S/C23H28Cl2N2O6/c1-4-31-22(28)13-21(17-10-19(24)12-20(25)11-17)27-32-6-5-26-33-14-16-7-15(2)8-18(9-16)23(29)30-3/h7-12,21,26-27H,4-6,13-14H2,1-3H3. The molecule has 2 aromatic carbocycles. The number of carbonyl (C=O) groups excluding carboxylic acids is 2. The third-order valence-electron chi connectivity index (χ3n) is 4.39. The van der Waals surface area contributed by atoms with Crippen LogP contribution >= 0.6 is 23.2 Å². The van der Waals surface area contributed by atoms with Crippen molar-refractivity contribution in [1.82, 2.24) is 11.0 Å². The molecule has 0 fully saturated rings. The maximum atomic E-state index is 12.0. The Bertz CT molecular complexity index is 921. The number of methoxy groups -OCH3 is 1. The number of aryl methyl sites for hydroxylation is 1. The normalized spacial score (nSPS) is 11.8. The van der Waals surface area contributed by atoms with Gasteiger partial charge in [0.25, 0.3) is 0 Å². The van der Waals surface area contributed by atoms with Gasteiger partial charge in [0.2, 0.25) is 0 Å². The van der Waals surface area contributed by atoms with Crippen molar-refractivity contribution in [3.8, 4) is 0 Å². The number of hydroxylamine groups is 2. The van der Waals surface area contributed by atoms with Gasteiger partial charge in [0.05, 0.1) is 45.0 Å². The smallest absolute Gasteiger partial charge is 0.337 e. The average Bonchev–Trinajstić information content (AvgIpc) is 2.76. The molecule has 0 radical (unpaired) electrons. The second-order valence-electron chi connectivity index (χ2n) is 7.11. The fourth-order valence-electron chi connectivity index (χ4n) is 3.03. The summed E-state index contributed by atoms with van der Waals surface area (Å²) < 4.78 is 9.79. The Hall–Kier alpha value is -2.20. The van der Waals surface area contributed by atoms with E-state index in [-0.39, 0.29) is 32.2 Å². The van der Waals surface area contributed by atoms with Crippen LogP contribution in [0.5, 0.6) is 0 Å². The summed E-state index contributed by atoms with van der Waals surface area (Å²) in [4.78, 5) is 34.6. The fourth-order valence-corrected chi connectivity index (χ4v) is 3.57. The molecule has 2 rings (SSSR count). The van der Waals surface area contributed by atoms with Gasteiger partial charge in [0, 0.05) is 16.6 Å². The number of nitrogens with one attached hydrogen (secondary N) is 2. The summed E-state index contributed by atoms with van der Waals surface area (Å²) in [5, 5.41) is 0.907. The molecule has 1 unspecified atom stereocenters. The molecule has 0 bridgehead atoms. The molecule has 0 spiro atoms. The molecule has 10 heteroatoms. The summed E-state index contributed by atoms with van der Waals surface area (Å²) in [5.41, 5.74) is 8.58. The molecule has 0 amide bonds. The van der Waals surface area contributed by atoms with Crippen molar-refractivity contribution in [2.45, 2.75) is 32.9 Å². The van der Waals surface area contributed by atoms with Gasteiger partial charge in [-0.1, -0.05) is 29.3 Å². The van der Waals surface area contributed by atoms with Crippen LogP contribution in [0.25, 0.3) is 0 Å². The summed E-state index contributed by atoms with van der Waals surface area (Å²) in [6, 6.07) is 9.92. The lowest BCUT2D eigenvalue weighted by Crippen LogP contribution is -2.29. The first-order valence-corrected chi connectivity index (χ1v) is 11.1. The summed E-state index contributed by atoms with van der Waals surface area (Å²) in [5.74, 6) is -0.772. The number of halogens is 2. The van der Waals surface area contributed by atoms with Gasteiger partial charge in [0.1, 0.15) is 0 Å². The number of esters is 2. The molecule has 2 aromatic rings. The topological polar surface area (TPSA) is 95.1 Å². The summed E-state index contributed by atoms with van der Waals surface area (Å²) in [6.45, 7) is 4.78. The minimum absolute atomic E-state index is 0.0460. The maximum absolute atomic E-state index is 12.0. The van der Waals surface area contributed by atoms with Crippen LogP contribution in [-0.2, 0) is 30.6 Å². The van der Waals surface area contributed by atoms with Gasteiger partial charge in [-0.15, -0.1) is 0 Å². The zero-order chi connectivity index (χ0) is 24.2. The van der Waals surface area contributed by atoms with Gasteiger partial charge in [-0.3, -0.25) is 14.5 Å². The van der Waals surface area contributed by atoms with Crippen LogP contribution in [-0.4, -0.2) is 38.8 Å². The van der Waals surface area contributed by atoms with E-state index >= 15 is 0 Å². The first-order valence-electron chi connectivity index (χ1n) is 10.3. The van der Waals surface area contributed by atoms with E-state index in [9.17, 15) is 9.59 Å². The second-order valence-corrected chi connectivity index (χ2v) is 7.99. The van der Waals surface area contributed by atoms with E-state index in [1.165, 1.54) is 7.11 Å². The van der Waals surface area contributed by atoms with Crippen LogP contribution in [0.3, 0.4) is 0 Å². The van der Waals surface area contributed by atoms with E-state index in [2.05, 4.69) is 11.0 Å². The van der Waals surface area contributed by atoms with Gasteiger partial charge >= 0.3 is 11.9 Å². The Balaban J connectivity index is 1.80. The summed E-state index contributed by atoms with van der Waals surface area (Å²) >= 11 is 12.2. The highest BCUT2D eigenvalue weighted by atomic mass is 35.5. The molecular formula is C23H28Cl2N2O6. The van der Waals surface area contributed by atoms with Crippen molar-refractivity contribution in [3.63, 3.8) is 0 Å². The van der Waals surface area contributed by atoms with Crippen LogP contribution in [0.15, 0.2) is 36.4 Å². The monoisotopic (exact) mass is 498 g/mol. The van der Waals surface area contributed by atoms with Gasteiger partial charge < -0.3 is 9.47 Å². The molecule has 33 heavy (non-hydrogen) atoms. The zero-order valence-electron chi connectivity index (χ0n) is 18.8. The molecule has 8 nitrogen and oxygen atoms in total. The molecule has 0 saturated carbocycles. The molecule has 0 aromatic heterocycles. The van der Waals surface area contributed by atoms with Gasteiger partial charge in [-0.2, -0.15) is 11.0 Å². The Labute approximate surface area is 203 Å². The fraction of sp³-hybridized carbons (Fsp3) is 0.391. The molecular weight excluding hydrogens is 471 g/mol. The first-order chi connectivity index (χ1) is 15.8. The highest BCUT2D eigenvalue weighted by molar-refractivity contribution is 6.34. The average molecular weight is 499 g/mol. The van der Waals surface area contributed by atoms with E-state index in [0.29, 0.717) is 27.7 Å². The number of hydrogen-bond acceptors (Lipinski definition) is 8. The van der Waals surface area contributed by atoms with E-state index in [4.69, 9.17) is 42.4 Å². The minimum Gasteiger partial charge on any atom is -0.466 e. The van der Waals surface area contributed by atoms with Crippen molar-refractivity contribution in [2.75, 3.05) is 26.9 Å². The predicted molar refractivity (Wildman–Crippen MR) is 125 cm³/mol. The summed E-state index contributed by atoms with van der Waals surface area (Å²) in [7, 11) is 1.34. The first kappa shape index (κ1) is 27.0. The largest absolute Gasteiger partial charge is 0.466 e. The van der Waals surface area contributed by atoms with E-state index in [1.807, 2.05) is 13.0 Å². The van der Waals surface area contributed by atoms with E-state index in [0.717, 1.165) is 11.1 Å². The molecule has 2 N–H and O–H groups in total. The zero-order valence-corrected chi connectivity index (χ0v) is 20.3. The number of rotatable bonds is 13. The van der Waals surface area contributed by atoms with E-state index < -0.39 is 12.0 Å². The van der Waals surface area contributed by atoms with Crippen molar-refractivity contribution in [1.29, 1.82) is 0 Å². The van der Waals surface area contributed by atoms with Crippen LogP contribution < -0.4 is 11.0 Å². The molecule has 0 aliphatic rings. The number of ether oxygens (including phenoxy) is 2. The second kappa shape index (κ2) is 14.1. The van der Waals surface area contributed by atoms with Crippen molar-refractivity contribution in [2.24, 2.45) is 0 Å². The van der Waals surface area contributed by atoms with Crippen molar-refractivity contribution >= 4 is 35.1 Å². The lowest BCUT2D eigenvalue weighted by molar-refractivity contribution is -0.145. The Morgan fingerprint density at radius 1 is 1.03 bits per heavy atom. The van der Waals surface area contributed by atoms with E-state index in [1.54, 1.807) is 37.3 Å². The number of carbonyl (C=O) groups is 2. The Kier molecular flexibility index (Phi) is 11.6. The summed E-state index contributed by atoms with van der Waals surface area (Å²) in [6.07, 6.45) is 0.0460. The molecule has 0 aliphatic heterocycles. The number of hydrogen-bond donors (Lipinski definition) is 2. The minimum atomic E-state index is -0.495. The van der Waals surface area contributed by atoms with Gasteiger partial charge in [-0.25, -0.2) is 4.79 Å². The third kappa shape index (κ3) is 9.67. The highest BCUT2D eigenvalue weighted by Gasteiger charge is 2.18. The third-order valence-corrected chi connectivity index (χ3v) is 4.83. The molecule has 0 saturated heterocycles. The SMILES string of the molecule is CCOC(=O)CC(NOCCNOCc1cc(C)cc(C(=O)OC)c1)c1cc(Cl)cc(Cl)c1. The Morgan fingerprint density at radius 3 is 2.42 bits per heavy atom. The number of benzene rings is 2.